The standard InChI is InChI=1S/C12H17NO3/c1-13(8-9-16-2)12(15)11(14)10-6-4-3-5-7-10/h3-7,12,15H,8-9H2,1-2H3. The van der Waals surface area contributed by atoms with E-state index in [4.69, 9.17) is 4.74 Å². The smallest absolute Gasteiger partial charge is 0.206 e. The van der Waals surface area contributed by atoms with E-state index in [9.17, 15) is 9.90 Å². The molecule has 0 saturated heterocycles. The molecule has 1 aromatic rings. The van der Waals surface area contributed by atoms with Crippen LogP contribution in [0.5, 0.6) is 0 Å². The van der Waals surface area contributed by atoms with Gasteiger partial charge in [-0.2, -0.15) is 0 Å². The van der Waals surface area contributed by atoms with Crippen molar-refractivity contribution in [1.82, 2.24) is 4.90 Å². The highest BCUT2D eigenvalue weighted by Crippen LogP contribution is 2.05. The number of hydrogen-bond acceptors (Lipinski definition) is 4. The average molecular weight is 223 g/mol. The molecule has 4 heteroatoms. The van der Waals surface area contributed by atoms with Crippen LogP contribution in [0.2, 0.25) is 0 Å². The van der Waals surface area contributed by atoms with Gasteiger partial charge in [-0.3, -0.25) is 9.69 Å². The molecular formula is C12H17NO3. The van der Waals surface area contributed by atoms with Crippen molar-refractivity contribution in [2.75, 3.05) is 27.3 Å². The Morgan fingerprint density at radius 2 is 2.06 bits per heavy atom. The second-order valence-corrected chi connectivity index (χ2v) is 3.58. The summed E-state index contributed by atoms with van der Waals surface area (Å²) in [5.74, 6) is -0.292. The van der Waals surface area contributed by atoms with Gasteiger partial charge >= 0.3 is 0 Å². The molecule has 0 aliphatic heterocycles. The maximum atomic E-state index is 11.8. The van der Waals surface area contributed by atoms with Crippen LogP contribution < -0.4 is 0 Å². The lowest BCUT2D eigenvalue weighted by Crippen LogP contribution is -2.40. The number of methoxy groups -OCH3 is 1. The van der Waals surface area contributed by atoms with Crippen LogP contribution in [0.3, 0.4) is 0 Å². The molecular weight excluding hydrogens is 206 g/mol. The van der Waals surface area contributed by atoms with Gasteiger partial charge in [-0.15, -0.1) is 0 Å². The first-order valence-electron chi connectivity index (χ1n) is 5.13. The highest BCUT2D eigenvalue weighted by molar-refractivity contribution is 5.98. The number of rotatable bonds is 6. The molecule has 1 aromatic carbocycles. The minimum atomic E-state index is -1.11. The number of nitrogens with zero attached hydrogens (tertiary/aromatic N) is 1. The molecule has 0 saturated carbocycles. The van der Waals surface area contributed by atoms with Crippen LogP contribution in [0, 0.1) is 0 Å². The molecule has 0 aliphatic rings. The van der Waals surface area contributed by atoms with E-state index in [0.29, 0.717) is 18.7 Å². The molecule has 4 nitrogen and oxygen atoms in total. The van der Waals surface area contributed by atoms with Crippen molar-refractivity contribution in [2.24, 2.45) is 0 Å². The van der Waals surface area contributed by atoms with Gasteiger partial charge in [-0.25, -0.2) is 0 Å². The molecule has 1 atom stereocenters. The van der Waals surface area contributed by atoms with Crippen LogP contribution in [-0.4, -0.2) is 49.3 Å². The second kappa shape index (κ2) is 6.37. The van der Waals surface area contributed by atoms with E-state index in [2.05, 4.69) is 0 Å². The van der Waals surface area contributed by atoms with Crippen LogP contribution in [0.4, 0.5) is 0 Å². The SMILES string of the molecule is COCCN(C)C(O)C(=O)c1ccccc1. The number of Topliss-reactive ketones (excluding diaryl/α,β-unsaturated/α-hetero) is 1. The topological polar surface area (TPSA) is 49.8 Å². The molecule has 1 N–H and O–H groups in total. The second-order valence-electron chi connectivity index (χ2n) is 3.58. The largest absolute Gasteiger partial charge is 0.383 e. The Kier molecular flexibility index (Phi) is 5.11. The third kappa shape index (κ3) is 3.41. The molecule has 1 rings (SSSR count). The number of carbonyl (C=O) groups excluding carboxylic acids is 1. The van der Waals surface area contributed by atoms with E-state index in [1.165, 1.54) is 0 Å². The van der Waals surface area contributed by atoms with Gasteiger partial charge in [0.15, 0.2) is 6.23 Å². The van der Waals surface area contributed by atoms with Crippen LogP contribution in [-0.2, 0) is 4.74 Å². The zero-order valence-corrected chi connectivity index (χ0v) is 9.59. The number of likely N-dealkylation sites (N-methyl/N-ethyl adjacent to an activating group) is 1. The summed E-state index contributed by atoms with van der Waals surface area (Å²) in [7, 11) is 3.27. The van der Waals surface area contributed by atoms with Crippen LogP contribution in [0.15, 0.2) is 30.3 Å². The Morgan fingerprint density at radius 1 is 1.44 bits per heavy atom. The summed E-state index contributed by atoms with van der Waals surface area (Å²) < 4.78 is 4.88. The first-order valence-corrected chi connectivity index (χ1v) is 5.13. The minimum absolute atomic E-state index is 0.292. The van der Waals surface area contributed by atoms with Crippen molar-refractivity contribution in [3.8, 4) is 0 Å². The van der Waals surface area contributed by atoms with Gasteiger partial charge in [0.05, 0.1) is 6.61 Å². The van der Waals surface area contributed by atoms with Crippen LogP contribution in [0.1, 0.15) is 10.4 Å². The average Bonchev–Trinajstić information content (AvgIpc) is 2.35. The quantitative estimate of drug-likeness (QED) is 0.571. The molecule has 0 amide bonds. The van der Waals surface area contributed by atoms with Crippen molar-refractivity contribution in [3.63, 3.8) is 0 Å². The normalized spacial score (nSPS) is 12.8. The number of benzene rings is 1. The molecule has 0 bridgehead atoms. The fourth-order valence-electron chi connectivity index (χ4n) is 1.31. The highest BCUT2D eigenvalue weighted by atomic mass is 16.5. The lowest BCUT2D eigenvalue weighted by molar-refractivity contribution is 0.0134. The maximum Gasteiger partial charge on any atom is 0.206 e. The molecule has 0 aromatic heterocycles. The first-order chi connectivity index (χ1) is 7.66. The fourth-order valence-corrected chi connectivity index (χ4v) is 1.31. The molecule has 0 fully saturated rings. The Balaban J connectivity index is 2.60. The molecule has 16 heavy (non-hydrogen) atoms. The van der Waals surface area contributed by atoms with E-state index >= 15 is 0 Å². The zero-order valence-electron chi connectivity index (χ0n) is 9.59. The van der Waals surface area contributed by atoms with Crippen LogP contribution in [0.25, 0.3) is 0 Å². The number of ether oxygens (including phenoxy) is 1. The summed E-state index contributed by atoms with van der Waals surface area (Å²) in [6.07, 6.45) is -1.11. The Labute approximate surface area is 95.5 Å². The summed E-state index contributed by atoms with van der Waals surface area (Å²) in [5, 5.41) is 9.79. The maximum absolute atomic E-state index is 11.8. The monoisotopic (exact) mass is 223 g/mol. The number of carbonyl (C=O) groups is 1. The molecule has 0 spiro atoms. The minimum Gasteiger partial charge on any atom is -0.383 e. The van der Waals surface area contributed by atoms with E-state index in [1.54, 1.807) is 43.3 Å². The Hall–Kier alpha value is -1.23. The highest BCUT2D eigenvalue weighted by Gasteiger charge is 2.20. The summed E-state index contributed by atoms with van der Waals surface area (Å²) >= 11 is 0. The fraction of sp³-hybridized carbons (Fsp3) is 0.417. The van der Waals surface area contributed by atoms with E-state index < -0.39 is 6.23 Å². The van der Waals surface area contributed by atoms with Crippen molar-refractivity contribution >= 4 is 5.78 Å². The van der Waals surface area contributed by atoms with E-state index in [1.807, 2.05) is 6.07 Å². The summed E-state index contributed by atoms with van der Waals surface area (Å²) in [6.45, 7) is 0.992. The van der Waals surface area contributed by atoms with Crippen LogP contribution >= 0.6 is 0 Å². The van der Waals surface area contributed by atoms with Crippen molar-refractivity contribution in [2.45, 2.75) is 6.23 Å². The molecule has 0 radical (unpaired) electrons. The van der Waals surface area contributed by atoms with Gasteiger partial charge in [0.2, 0.25) is 5.78 Å². The number of ketones is 1. The Morgan fingerprint density at radius 3 is 2.62 bits per heavy atom. The summed E-state index contributed by atoms with van der Waals surface area (Å²) in [6, 6.07) is 8.76. The molecule has 0 heterocycles. The van der Waals surface area contributed by atoms with Gasteiger partial charge < -0.3 is 9.84 Å². The van der Waals surface area contributed by atoms with E-state index in [-0.39, 0.29) is 5.78 Å². The summed E-state index contributed by atoms with van der Waals surface area (Å²) in [4.78, 5) is 13.4. The Bertz CT molecular complexity index is 326. The van der Waals surface area contributed by atoms with E-state index in [0.717, 1.165) is 0 Å². The van der Waals surface area contributed by atoms with Gasteiger partial charge in [0, 0.05) is 19.2 Å². The predicted molar refractivity (Wildman–Crippen MR) is 61.3 cm³/mol. The number of aliphatic hydroxyl groups is 1. The van der Waals surface area contributed by atoms with Crippen molar-refractivity contribution < 1.29 is 14.6 Å². The third-order valence-electron chi connectivity index (χ3n) is 2.36. The number of aliphatic hydroxyl groups excluding tert-OH is 1. The molecule has 88 valence electrons. The van der Waals surface area contributed by atoms with Gasteiger partial charge in [-0.1, -0.05) is 30.3 Å². The molecule has 0 aliphatic carbocycles. The van der Waals surface area contributed by atoms with Gasteiger partial charge in [0.1, 0.15) is 0 Å². The van der Waals surface area contributed by atoms with Gasteiger partial charge in [-0.05, 0) is 7.05 Å². The predicted octanol–water partition coefficient (Wildman–Crippen LogP) is 0.766. The third-order valence-corrected chi connectivity index (χ3v) is 2.36. The number of hydrogen-bond donors (Lipinski definition) is 1. The van der Waals surface area contributed by atoms with Gasteiger partial charge in [0.25, 0.3) is 0 Å². The zero-order chi connectivity index (χ0) is 12.0. The lowest BCUT2D eigenvalue weighted by Gasteiger charge is -2.21. The summed E-state index contributed by atoms with van der Waals surface area (Å²) in [5.41, 5.74) is 0.513. The van der Waals surface area contributed by atoms with Crippen molar-refractivity contribution in [1.29, 1.82) is 0 Å². The molecule has 1 unspecified atom stereocenters. The first kappa shape index (κ1) is 12.8. The lowest BCUT2D eigenvalue weighted by atomic mass is 10.1. The van der Waals surface area contributed by atoms with Crippen molar-refractivity contribution in [3.05, 3.63) is 35.9 Å².